The van der Waals surface area contributed by atoms with E-state index >= 15 is 0 Å². The number of benzene rings is 1. The monoisotopic (exact) mass is 230 g/mol. The molecule has 0 bridgehead atoms. The van der Waals surface area contributed by atoms with Crippen LogP contribution >= 0.6 is 0 Å². The van der Waals surface area contributed by atoms with Gasteiger partial charge in [0.2, 0.25) is 0 Å². The first-order valence-corrected chi connectivity index (χ1v) is 6.50. The summed E-state index contributed by atoms with van der Waals surface area (Å²) in [5, 5.41) is 9.34. The largest absolute Gasteiger partial charge is 0.508 e. The summed E-state index contributed by atoms with van der Waals surface area (Å²) < 4.78 is 0. The normalized spacial score (nSPS) is 24.8. The first-order chi connectivity index (χ1) is 8.01. The van der Waals surface area contributed by atoms with E-state index < -0.39 is 0 Å². The summed E-state index contributed by atoms with van der Waals surface area (Å²) in [7, 11) is 0. The molecule has 1 aliphatic carbocycles. The van der Waals surface area contributed by atoms with Crippen molar-refractivity contribution in [1.29, 1.82) is 0 Å². The van der Waals surface area contributed by atoms with Crippen molar-refractivity contribution in [3.63, 3.8) is 0 Å². The van der Waals surface area contributed by atoms with E-state index in [1.165, 1.54) is 18.4 Å². The van der Waals surface area contributed by atoms with Gasteiger partial charge < -0.3 is 5.11 Å². The maximum atomic E-state index is 9.34. The zero-order valence-electron chi connectivity index (χ0n) is 11.0. The Labute approximate surface area is 104 Å². The van der Waals surface area contributed by atoms with Crippen LogP contribution in [0.4, 0.5) is 0 Å². The molecule has 2 rings (SSSR count). The van der Waals surface area contributed by atoms with Crippen LogP contribution in [0.2, 0.25) is 0 Å². The second-order valence-corrected chi connectivity index (χ2v) is 5.75. The topological polar surface area (TPSA) is 20.2 Å². The van der Waals surface area contributed by atoms with Crippen molar-refractivity contribution >= 4 is 0 Å². The molecule has 0 amide bonds. The van der Waals surface area contributed by atoms with Crippen molar-refractivity contribution in [2.75, 3.05) is 0 Å². The average molecular weight is 230 g/mol. The smallest absolute Gasteiger partial charge is 0.115 e. The van der Waals surface area contributed by atoms with Crippen LogP contribution in [0.3, 0.4) is 0 Å². The molecule has 1 atom stereocenters. The van der Waals surface area contributed by atoms with Crippen molar-refractivity contribution in [3.05, 3.63) is 41.5 Å². The van der Waals surface area contributed by atoms with Crippen molar-refractivity contribution in [2.24, 2.45) is 5.92 Å². The Kier molecular flexibility index (Phi) is 3.28. The molecule has 17 heavy (non-hydrogen) atoms. The number of phenolic OH excluding ortho intramolecular Hbond substituents is 1. The molecular formula is C16H22O. The lowest BCUT2D eigenvalue weighted by Crippen LogP contribution is -2.25. The Morgan fingerprint density at radius 1 is 1.18 bits per heavy atom. The maximum absolute atomic E-state index is 9.34. The van der Waals surface area contributed by atoms with Crippen LogP contribution in [0.15, 0.2) is 35.9 Å². The van der Waals surface area contributed by atoms with Crippen LogP contribution in [-0.4, -0.2) is 5.11 Å². The highest BCUT2D eigenvalue weighted by molar-refractivity contribution is 5.33. The van der Waals surface area contributed by atoms with Gasteiger partial charge >= 0.3 is 0 Å². The molecule has 1 nitrogen and oxygen atoms in total. The van der Waals surface area contributed by atoms with E-state index in [0.29, 0.717) is 11.7 Å². The van der Waals surface area contributed by atoms with Crippen molar-refractivity contribution in [3.8, 4) is 5.75 Å². The predicted octanol–water partition coefficient (Wildman–Crippen LogP) is 4.42. The third kappa shape index (κ3) is 2.54. The van der Waals surface area contributed by atoms with Gasteiger partial charge in [-0.25, -0.2) is 0 Å². The summed E-state index contributed by atoms with van der Waals surface area (Å²) in [6, 6.07) is 7.71. The lowest BCUT2D eigenvalue weighted by Gasteiger charge is -2.34. The number of aromatic hydroxyl groups is 1. The quantitative estimate of drug-likeness (QED) is 0.746. The molecule has 1 heteroatoms. The molecular weight excluding hydrogens is 208 g/mol. The molecule has 0 spiro atoms. The summed E-state index contributed by atoms with van der Waals surface area (Å²) in [4.78, 5) is 0. The Hall–Kier alpha value is -1.24. The highest BCUT2D eigenvalue weighted by atomic mass is 16.3. The summed E-state index contributed by atoms with van der Waals surface area (Å²) in [6.07, 6.45) is 5.95. The summed E-state index contributed by atoms with van der Waals surface area (Å²) in [5.74, 6) is 1.03. The van der Waals surface area contributed by atoms with Gasteiger partial charge in [-0.3, -0.25) is 0 Å². The van der Waals surface area contributed by atoms with E-state index in [9.17, 15) is 5.11 Å². The minimum absolute atomic E-state index is 0.242. The molecule has 0 saturated carbocycles. The van der Waals surface area contributed by atoms with Gasteiger partial charge in [0, 0.05) is 0 Å². The van der Waals surface area contributed by atoms with Gasteiger partial charge in [-0.1, -0.05) is 44.6 Å². The second-order valence-electron chi connectivity index (χ2n) is 5.75. The third-order valence-corrected chi connectivity index (χ3v) is 4.09. The second kappa shape index (κ2) is 4.56. The minimum atomic E-state index is 0.242. The summed E-state index contributed by atoms with van der Waals surface area (Å²) in [5.41, 5.74) is 3.18. The van der Waals surface area contributed by atoms with Crippen LogP contribution in [0, 0.1) is 5.92 Å². The first kappa shape index (κ1) is 12.2. The number of allylic oxidation sites excluding steroid dienone is 2. The maximum Gasteiger partial charge on any atom is 0.115 e. The van der Waals surface area contributed by atoms with Crippen LogP contribution in [0.5, 0.6) is 5.75 Å². The van der Waals surface area contributed by atoms with E-state index in [0.717, 1.165) is 6.42 Å². The summed E-state index contributed by atoms with van der Waals surface area (Å²) in [6.45, 7) is 6.87. The zero-order valence-corrected chi connectivity index (χ0v) is 11.0. The van der Waals surface area contributed by atoms with E-state index in [1.54, 1.807) is 17.7 Å². The van der Waals surface area contributed by atoms with Gasteiger partial charge in [0.15, 0.2) is 0 Å². The highest BCUT2D eigenvalue weighted by Gasteiger charge is 2.29. The van der Waals surface area contributed by atoms with Crippen LogP contribution in [0.1, 0.15) is 45.6 Å². The van der Waals surface area contributed by atoms with Crippen LogP contribution in [0.25, 0.3) is 0 Å². The molecule has 0 radical (unpaired) electrons. The molecule has 1 aromatic carbocycles. The predicted molar refractivity (Wildman–Crippen MR) is 72.2 cm³/mol. The standard InChI is InChI=1S/C16H22O/c1-12(2)13-8-10-16(3,11-9-13)14-4-6-15(17)7-5-14/h4-8,12,17H,9-11H2,1-3H3. The van der Waals surface area contributed by atoms with Crippen molar-refractivity contribution in [2.45, 2.75) is 45.4 Å². The molecule has 0 aliphatic heterocycles. The van der Waals surface area contributed by atoms with Crippen LogP contribution in [-0.2, 0) is 5.41 Å². The Morgan fingerprint density at radius 2 is 1.82 bits per heavy atom. The highest BCUT2D eigenvalue weighted by Crippen LogP contribution is 2.40. The molecule has 0 heterocycles. The number of hydrogen-bond donors (Lipinski definition) is 1. The van der Waals surface area contributed by atoms with Gasteiger partial charge in [-0.05, 0) is 48.3 Å². The van der Waals surface area contributed by atoms with Gasteiger partial charge in [-0.2, -0.15) is 0 Å². The fourth-order valence-corrected chi connectivity index (χ4v) is 2.63. The molecule has 1 aromatic rings. The summed E-state index contributed by atoms with van der Waals surface area (Å²) >= 11 is 0. The first-order valence-electron chi connectivity index (χ1n) is 6.50. The van der Waals surface area contributed by atoms with Crippen LogP contribution < -0.4 is 0 Å². The van der Waals surface area contributed by atoms with Gasteiger partial charge in [0.1, 0.15) is 5.75 Å². The Morgan fingerprint density at radius 3 is 2.29 bits per heavy atom. The molecule has 0 saturated heterocycles. The number of hydrogen-bond acceptors (Lipinski definition) is 1. The molecule has 1 aliphatic rings. The fourth-order valence-electron chi connectivity index (χ4n) is 2.63. The molecule has 1 unspecified atom stereocenters. The van der Waals surface area contributed by atoms with E-state index in [1.807, 2.05) is 0 Å². The molecule has 0 aromatic heterocycles. The van der Waals surface area contributed by atoms with Gasteiger partial charge in [0.25, 0.3) is 0 Å². The Balaban J connectivity index is 2.20. The van der Waals surface area contributed by atoms with E-state index in [4.69, 9.17) is 0 Å². The number of phenols is 1. The van der Waals surface area contributed by atoms with Gasteiger partial charge in [-0.15, -0.1) is 0 Å². The number of rotatable bonds is 2. The van der Waals surface area contributed by atoms with Crippen molar-refractivity contribution < 1.29 is 5.11 Å². The Bertz CT molecular complexity index is 414. The minimum Gasteiger partial charge on any atom is -0.508 e. The molecule has 92 valence electrons. The van der Waals surface area contributed by atoms with Crippen molar-refractivity contribution in [1.82, 2.24) is 0 Å². The fraction of sp³-hybridized carbons (Fsp3) is 0.500. The van der Waals surface area contributed by atoms with E-state index in [2.05, 4.69) is 39.0 Å². The zero-order chi connectivity index (χ0) is 12.5. The third-order valence-electron chi connectivity index (χ3n) is 4.09. The molecule has 0 fully saturated rings. The average Bonchev–Trinajstić information content (AvgIpc) is 2.30. The SMILES string of the molecule is CC(C)C1=CCC(C)(c2ccc(O)cc2)CC1. The van der Waals surface area contributed by atoms with Gasteiger partial charge in [0.05, 0.1) is 0 Å². The van der Waals surface area contributed by atoms with E-state index in [-0.39, 0.29) is 5.41 Å². The molecule has 1 N–H and O–H groups in total. The lowest BCUT2D eigenvalue weighted by atomic mass is 9.70. The lowest BCUT2D eigenvalue weighted by molar-refractivity contribution is 0.405.